The number of methoxy groups -OCH3 is 1. The van der Waals surface area contributed by atoms with Gasteiger partial charge in [0.25, 0.3) is 0 Å². The number of rotatable bonds is 6. The topological polar surface area (TPSA) is 42.5 Å². The number of hydrogen-bond donors (Lipinski definition) is 2. The Morgan fingerprint density at radius 2 is 1.70 bits per heavy atom. The van der Waals surface area contributed by atoms with Crippen molar-refractivity contribution in [2.24, 2.45) is 0 Å². The number of anilines is 1. The third-order valence-corrected chi connectivity index (χ3v) is 3.26. The summed E-state index contributed by atoms with van der Waals surface area (Å²) in [6.45, 7) is 2.42. The summed E-state index contributed by atoms with van der Waals surface area (Å²) in [5, 5.41) is 6.57. The van der Waals surface area contributed by atoms with Crippen molar-refractivity contribution in [2.75, 3.05) is 19.0 Å². The molecule has 2 rings (SSSR count). The van der Waals surface area contributed by atoms with Gasteiger partial charge < -0.3 is 20.1 Å². The summed E-state index contributed by atoms with van der Waals surface area (Å²) in [6, 6.07) is 13.4. The van der Waals surface area contributed by atoms with E-state index in [0.29, 0.717) is 11.7 Å². The number of benzene rings is 2. The number of ether oxygens (including phenoxy) is 2. The molecule has 0 unspecified atom stereocenters. The van der Waals surface area contributed by atoms with Crippen molar-refractivity contribution in [3.8, 4) is 11.5 Å². The third kappa shape index (κ3) is 5.75. The molecule has 2 aromatic carbocycles. The zero-order valence-corrected chi connectivity index (χ0v) is 13.8. The Morgan fingerprint density at radius 1 is 1.09 bits per heavy atom. The second-order valence-electron chi connectivity index (χ2n) is 4.99. The van der Waals surface area contributed by atoms with Crippen molar-refractivity contribution in [3.05, 3.63) is 54.3 Å². The highest BCUT2D eigenvalue weighted by Gasteiger charge is 2.06. The van der Waals surface area contributed by atoms with Crippen LogP contribution in [0.2, 0.25) is 0 Å². The van der Waals surface area contributed by atoms with E-state index in [9.17, 15) is 4.39 Å². The zero-order valence-electron chi connectivity index (χ0n) is 13.0. The summed E-state index contributed by atoms with van der Waals surface area (Å²) in [7, 11) is 1.62. The SMILES string of the molecule is COc1ccc(OC[C@H](C)NC(=S)Nc2ccc(F)cc2)cc1. The first-order valence-electron chi connectivity index (χ1n) is 7.17. The van der Waals surface area contributed by atoms with Crippen LogP contribution in [-0.4, -0.2) is 24.9 Å². The van der Waals surface area contributed by atoms with Gasteiger partial charge in [0.05, 0.1) is 13.2 Å². The van der Waals surface area contributed by atoms with Gasteiger partial charge >= 0.3 is 0 Å². The largest absolute Gasteiger partial charge is 0.497 e. The van der Waals surface area contributed by atoms with Crippen LogP contribution in [0.1, 0.15) is 6.92 Å². The van der Waals surface area contributed by atoms with Crippen molar-refractivity contribution in [2.45, 2.75) is 13.0 Å². The van der Waals surface area contributed by atoms with Crippen molar-refractivity contribution in [1.29, 1.82) is 0 Å². The molecular formula is C17H19FN2O2S. The Bertz CT molecular complexity index is 632. The van der Waals surface area contributed by atoms with Crippen molar-refractivity contribution in [1.82, 2.24) is 5.32 Å². The Hall–Kier alpha value is -2.34. The molecule has 2 N–H and O–H groups in total. The van der Waals surface area contributed by atoms with Gasteiger partial charge in [0.15, 0.2) is 5.11 Å². The summed E-state index contributed by atoms with van der Waals surface area (Å²) in [4.78, 5) is 0. The van der Waals surface area contributed by atoms with E-state index in [0.717, 1.165) is 17.2 Å². The molecule has 1 atom stereocenters. The first-order valence-corrected chi connectivity index (χ1v) is 7.57. The second kappa shape index (κ2) is 8.33. The Balaban J connectivity index is 1.75. The molecule has 0 saturated carbocycles. The van der Waals surface area contributed by atoms with Crippen molar-refractivity contribution < 1.29 is 13.9 Å². The zero-order chi connectivity index (χ0) is 16.7. The number of nitrogens with one attached hydrogen (secondary N) is 2. The van der Waals surface area contributed by atoms with Crippen LogP contribution in [0, 0.1) is 5.82 Å². The molecule has 0 radical (unpaired) electrons. The van der Waals surface area contributed by atoms with E-state index in [4.69, 9.17) is 21.7 Å². The molecule has 0 amide bonds. The van der Waals surface area contributed by atoms with E-state index in [2.05, 4.69) is 10.6 Å². The van der Waals surface area contributed by atoms with E-state index < -0.39 is 0 Å². The molecule has 0 heterocycles. The molecule has 122 valence electrons. The average molecular weight is 334 g/mol. The van der Waals surface area contributed by atoms with Crippen LogP contribution in [0.25, 0.3) is 0 Å². The van der Waals surface area contributed by atoms with E-state index >= 15 is 0 Å². The minimum Gasteiger partial charge on any atom is -0.497 e. The Labute approximate surface area is 140 Å². The van der Waals surface area contributed by atoms with Gasteiger partial charge in [-0.05, 0) is 67.7 Å². The Kier molecular flexibility index (Phi) is 6.17. The summed E-state index contributed by atoms with van der Waals surface area (Å²) < 4.78 is 23.6. The van der Waals surface area contributed by atoms with Crippen LogP contribution in [0.5, 0.6) is 11.5 Å². The molecule has 0 aliphatic rings. The third-order valence-electron chi connectivity index (χ3n) is 3.04. The second-order valence-corrected chi connectivity index (χ2v) is 5.40. The molecule has 0 aliphatic carbocycles. The van der Waals surface area contributed by atoms with Crippen LogP contribution in [-0.2, 0) is 0 Å². The van der Waals surface area contributed by atoms with Gasteiger partial charge in [0, 0.05) is 5.69 Å². The normalized spacial score (nSPS) is 11.4. The molecule has 0 saturated heterocycles. The first kappa shape index (κ1) is 17.0. The van der Waals surface area contributed by atoms with E-state index in [-0.39, 0.29) is 11.9 Å². The maximum atomic E-state index is 12.8. The molecule has 0 bridgehead atoms. The first-order chi connectivity index (χ1) is 11.1. The van der Waals surface area contributed by atoms with E-state index in [1.807, 2.05) is 31.2 Å². The van der Waals surface area contributed by atoms with Crippen molar-refractivity contribution >= 4 is 23.0 Å². The van der Waals surface area contributed by atoms with Gasteiger partial charge in [0.1, 0.15) is 23.9 Å². The fourth-order valence-electron chi connectivity index (χ4n) is 1.86. The molecule has 0 aliphatic heterocycles. The van der Waals surface area contributed by atoms with Gasteiger partial charge in [-0.15, -0.1) is 0 Å². The van der Waals surface area contributed by atoms with Gasteiger partial charge in [0.2, 0.25) is 0 Å². The predicted molar refractivity (Wildman–Crippen MR) is 93.7 cm³/mol. The minimum atomic E-state index is -0.282. The fourth-order valence-corrected chi connectivity index (χ4v) is 2.18. The number of halogens is 1. The average Bonchev–Trinajstić information content (AvgIpc) is 2.55. The lowest BCUT2D eigenvalue weighted by Gasteiger charge is -2.17. The molecule has 4 nitrogen and oxygen atoms in total. The van der Waals surface area contributed by atoms with E-state index in [1.54, 1.807) is 19.2 Å². The molecule has 2 aromatic rings. The van der Waals surface area contributed by atoms with Crippen LogP contribution in [0.4, 0.5) is 10.1 Å². The van der Waals surface area contributed by atoms with Crippen LogP contribution < -0.4 is 20.1 Å². The van der Waals surface area contributed by atoms with Crippen LogP contribution in [0.15, 0.2) is 48.5 Å². The maximum absolute atomic E-state index is 12.8. The van der Waals surface area contributed by atoms with Crippen LogP contribution >= 0.6 is 12.2 Å². The van der Waals surface area contributed by atoms with Crippen molar-refractivity contribution in [3.63, 3.8) is 0 Å². The highest BCUT2D eigenvalue weighted by atomic mass is 32.1. The number of thiocarbonyl (C=S) groups is 1. The molecule has 6 heteroatoms. The lowest BCUT2D eigenvalue weighted by molar-refractivity contribution is 0.286. The predicted octanol–water partition coefficient (Wildman–Crippen LogP) is 3.59. The summed E-state index contributed by atoms with van der Waals surface area (Å²) in [5.41, 5.74) is 0.729. The number of hydrogen-bond acceptors (Lipinski definition) is 3. The standard InChI is InChI=1S/C17H19FN2O2S/c1-12(11-22-16-9-7-15(21-2)8-10-16)19-17(23)20-14-5-3-13(18)4-6-14/h3-10,12H,11H2,1-2H3,(H2,19,20,23)/t12-/m0/s1. The van der Waals surface area contributed by atoms with Gasteiger partial charge in [-0.25, -0.2) is 4.39 Å². The van der Waals surface area contributed by atoms with Gasteiger partial charge in [-0.3, -0.25) is 0 Å². The monoisotopic (exact) mass is 334 g/mol. The fraction of sp³-hybridized carbons (Fsp3) is 0.235. The minimum absolute atomic E-state index is 0.0116. The van der Waals surface area contributed by atoms with Gasteiger partial charge in [-0.2, -0.15) is 0 Å². The molecule has 0 aromatic heterocycles. The lowest BCUT2D eigenvalue weighted by atomic mass is 10.3. The molecule has 0 spiro atoms. The van der Waals surface area contributed by atoms with Gasteiger partial charge in [-0.1, -0.05) is 0 Å². The molecular weight excluding hydrogens is 315 g/mol. The molecule has 23 heavy (non-hydrogen) atoms. The maximum Gasteiger partial charge on any atom is 0.171 e. The highest BCUT2D eigenvalue weighted by molar-refractivity contribution is 7.80. The lowest BCUT2D eigenvalue weighted by Crippen LogP contribution is -2.39. The smallest absolute Gasteiger partial charge is 0.171 e. The highest BCUT2D eigenvalue weighted by Crippen LogP contribution is 2.17. The quantitative estimate of drug-likeness (QED) is 0.790. The molecule has 0 fully saturated rings. The summed E-state index contributed by atoms with van der Waals surface area (Å²) in [5.74, 6) is 1.26. The van der Waals surface area contributed by atoms with Crippen LogP contribution in [0.3, 0.4) is 0 Å². The summed E-state index contributed by atoms with van der Waals surface area (Å²) in [6.07, 6.45) is 0. The Morgan fingerprint density at radius 3 is 2.30 bits per heavy atom. The van der Waals surface area contributed by atoms with E-state index in [1.165, 1.54) is 12.1 Å². The summed E-state index contributed by atoms with van der Waals surface area (Å²) >= 11 is 5.22.